The predicted molar refractivity (Wildman–Crippen MR) is 128 cm³/mol. The third-order valence-corrected chi connectivity index (χ3v) is 23.6. The van der Waals surface area contributed by atoms with E-state index in [1.54, 1.807) is 3.59 Å². The normalized spacial score (nSPS) is 21.7. The van der Waals surface area contributed by atoms with Crippen LogP contribution < -0.4 is 4.90 Å². The Balaban J connectivity index is 1.87. The number of carbonyl (C=O) groups is 2. The Morgan fingerprint density at radius 2 is 1.37 bits per heavy atom. The van der Waals surface area contributed by atoms with Crippen LogP contribution in [0.4, 0.5) is 5.69 Å². The fourth-order valence-electron chi connectivity index (χ4n) is 5.54. The van der Waals surface area contributed by atoms with E-state index in [1.165, 1.54) is 56.7 Å². The first-order chi connectivity index (χ1) is 14.6. The van der Waals surface area contributed by atoms with Crippen molar-refractivity contribution in [3.05, 3.63) is 40.0 Å². The van der Waals surface area contributed by atoms with Gasteiger partial charge in [0.25, 0.3) is 0 Å². The van der Waals surface area contributed by atoms with Crippen LogP contribution >= 0.6 is 0 Å². The van der Waals surface area contributed by atoms with Crippen LogP contribution in [0.1, 0.15) is 72.1 Å². The molecule has 1 aliphatic heterocycles. The number of anilines is 1. The average Bonchev–Trinajstić information content (AvgIpc) is 3.03. The van der Waals surface area contributed by atoms with Gasteiger partial charge in [0.2, 0.25) is 0 Å². The number of allylic oxidation sites excluding steroid dienone is 2. The fraction of sp³-hybridized carbons (Fsp3) is 0.615. The van der Waals surface area contributed by atoms with Gasteiger partial charge in [-0.25, -0.2) is 0 Å². The number of benzene rings is 1. The van der Waals surface area contributed by atoms with Gasteiger partial charge in [0.15, 0.2) is 0 Å². The molecule has 3 nitrogen and oxygen atoms in total. The Labute approximate surface area is 187 Å². The molecule has 1 aliphatic carbocycles. The van der Waals surface area contributed by atoms with Crippen LogP contribution in [0, 0.1) is 11.8 Å². The zero-order chi connectivity index (χ0) is 21.6. The average molecular weight is 516 g/mol. The number of hydrogen-bond acceptors (Lipinski definition) is 2. The second-order valence-electron chi connectivity index (χ2n) is 9.32. The standard InChI is InChI=1S/C14H12NO2.3C4H9.Sn/c16-13-11-8-4-5-9-12(11)14(17)15(13)10-6-2-1-3-7-10;3*1-3-4-2;/h1-4,6-7,11-12H,8-9H2;3*1,3-4H2,2H3;/t11-,12+;;;;/m1..../s1. The van der Waals surface area contributed by atoms with Gasteiger partial charge in [0.1, 0.15) is 0 Å². The van der Waals surface area contributed by atoms with Gasteiger partial charge >= 0.3 is 188 Å². The molecule has 3 rings (SSSR count). The van der Waals surface area contributed by atoms with Crippen LogP contribution in [0.15, 0.2) is 40.0 Å². The number of nitrogens with zero attached hydrogens (tertiary/aromatic N) is 1. The summed E-state index contributed by atoms with van der Waals surface area (Å²) in [5, 5.41) is 0. The molecule has 0 unspecified atom stereocenters. The van der Waals surface area contributed by atoms with E-state index in [4.69, 9.17) is 0 Å². The van der Waals surface area contributed by atoms with E-state index < -0.39 is 18.4 Å². The van der Waals surface area contributed by atoms with Crippen molar-refractivity contribution in [2.45, 2.75) is 85.4 Å². The van der Waals surface area contributed by atoms with E-state index in [-0.39, 0.29) is 23.7 Å². The number of carbonyl (C=O) groups excluding carboxylic acids is 2. The Bertz CT molecular complexity index is 736. The van der Waals surface area contributed by atoms with Crippen LogP contribution in [0.3, 0.4) is 0 Å². The minimum atomic E-state index is -2.52. The molecule has 2 atom stereocenters. The first-order valence-corrected chi connectivity index (χ1v) is 19.7. The molecule has 30 heavy (non-hydrogen) atoms. The van der Waals surface area contributed by atoms with Gasteiger partial charge < -0.3 is 0 Å². The summed E-state index contributed by atoms with van der Waals surface area (Å²) in [6.45, 7) is 6.91. The van der Waals surface area contributed by atoms with Crippen LogP contribution in [0.5, 0.6) is 0 Å². The van der Waals surface area contributed by atoms with Crippen molar-refractivity contribution in [1.82, 2.24) is 0 Å². The van der Waals surface area contributed by atoms with E-state index >= 15 is 0 Å². The van der Waals surface area contributed by atoms with Crippen molar-refractivity contribution >= 4 is 35.9 Å². The van der Waals surface area contributed by atoms with Crippen molar-refractivity contribution < 1.29 is 9.59 Å². The minimum absolute atomic E-state index is 0.0166. The Hall–Kier alpha value is -1.10. The van der Waals surface area contributed by atoms with Crippen LogP contribution in [-0.4, -0.2) is 30.2 Å². The second-order valence-corrected chi connectivity index (χ2v) is 22.7. The molecule has 1 fully saturated rings. The van der Waals surface area contributed by atoms with E-state index in [0.29, 0.717) is 0 Å². The molecular weight excluding hydrogens is 477 g/mol. The molecule has 2 amide bonds. The number of para-hydroxylation sites is 1. The molecule has 0 bridgehead atoms. The van der Waals surface area contributed by atoms with Crippen molar-refractivity contribution in [1.29, 1.82) is 0 Å². The maximum absolute atomic E-state index is 13.4. The molecule has 4 heteroatoms. The summed E-state index contributed by atoms with van der Waals surface area (Å²) in [4.78, 5) is 28.0. The van der Waals surface area contributed by atoms with Gasteiger partial charge in [-0.15, -0.1) is 0 Å². The van der Waals surface area contributed by atoms with E-state index in [2.05, 4.69) is 26.8 Å². The molecule has 1 heterocycles. The van der Waals surface area contributed by atoms with Gasteiger partial charge in [-0.05, 0) is 0 Å². The first-order valence-electron chi connectivity index (χ1n) is 12.2. The number of unbranched alkanes of at least 4 members (excludes halogenated alkanes) is 3. The van der Waals surface area contributed by atoms with E-state index in [9.17, 15) is 9.59 Å². The topological polar surface area (TPSA) is 37.4 Å². The monoisotopic (exact) mass is 517 g/mol. The molecule has 1 aromatic carbocycles. The number of rotatable bonds is 11. The summed E-state index contributed by atoms with van der Waals surface area (Å²) in [5.41, 5.74) is 0.737. The Kier molecular flexibility index (Phi) is 8.61. The Morgan fingerprint density at radius 1 is 0.833 bits per heavy atom. The molecule has 1 aromatic rings. The van der Waals surface area contributed by atoms with Gasteiger partial charge in [0, 0.05) is 0 Å². The Morgan fingerprint density at radius 3 is 1.90 bits per heavy atom. The second kappa shape index (κ2) is 11.0. The predicted octanol–water partition coefficient (Wildman–Crippen LogP) is 6.90. The van der Waals surface area contributed by atoms with Crippen LogP contribution in [0.25, 0.3) is 0 Å². The summed E-state index contributed by atoms with van der Waals surface area (Å²) >= 11 is -2.52. The third-order valence-electron chi connectivity index (χ3n) is 7.34. The van der Waals surface area contributed by atoms with E-state index in [1.807, 2.05) is 30.3 Å². The van der Waals surface area contributed by atoms with Gasteiger partial charge in [-0.2, -0.15) is 0 Å². The molecule has 2 aliphatic rings. The van der Waals surface area contributed by atoms with Crippen molar-refractivity contribution in [3.63, 3.8) is 0 Å². The van der Waals surface area contributed by atoms with Crippen molar-refractivity contribution in [2.24, 2.45) is 11.8 Å². The number of amides is 2. The summed E-state index contributed by atoms with van der Waals surface area (Å²) in [5.74, 6) is -0.209. The SMILES string of the molecule is CCC[CH2][Sn]([CH2]CCC)([CH2]CCC)[C]1=CC[C@H]2C(=O)N(c3ccccc3)C(=O)[C@H]2C1. The summed E-state index contributed by atoms with van der Waals surface area (Å²) in [6.07, 6.45) is 11.9. The zero-order valence-corrected chi connectivity index (χ0v) is 22.0. The molecule has 0 N–H and O–H groups in total. The zero-order valence-electron chi connectivity index (χ0n) is 19.2. The van der Waals surface area contributed by atoms with Crippen molar-refractivity contribution in [2.75, 3.05) is 4.90 Å². The van der Waals surface area contributed by atoms with Crippen LogP contribution in [0.2, 0.25) is 13.3 Å². The summed E-state index contributed by atoms with van der Waals surface area (Å²) < 4.78 is 5.98. The maximum atomic E-state index is 13.4. The van der Waals surface area contributed by atoms with Gasteiger partial charge in [-0.3, -0.25) is 0 Å². The molecular formula is C26H39NO2Sn. The summed E-state index contributed by atoms with van der Waals surface area (Å²) in [7, 11) is 0. The molecule has 0 radical (unpaired) electrons. The molecule has 0 aromatic heterocycles. The summed E-state index contributed by atoms with van der Waals surface area (Å²) in [6, 6.07) is 9.51. The first kappa shape index (κ1) is 23.6. The molecule has 164 valence electrons. The van der Waals surface area contributed by atoms with Gasteiger partial charge in [0.05, 0.1) is 0 Å². The molecule has 0 spiro atoms. The molecule has 0 saturated carbocycles. The quantitative estimate of drug-likeness (QED) is 0.237. The van der Waals surface area contributed by atoms with Crippen LogP contribution in [-0.2, 0) is 9.59 Å². The third kappa shape index (κ3) is 4.86. The fourth-order valence-corrected chi connectivity index (χ4v) is 22.7. The number of hydrogen-bond donors (Lipinski definition) is 0. The van der Waals surface area contributed by atoms with E-state index in [0.717, 1.165) is 18.5 Å². The van der Waals surface area contributed by atoms with Gasteiger partial charge in [-0.1, -0.05) is 0 Å². The number of imide groups is 1. The molecule has 1 saturated heterocycles. The van der Waals surface area contributed by atoms with Crippen molar-refractivity contribution in [3.8, 4) is 0 Å². The number of fused-ring (bicyclic) bond motifs is 1.